The summed E-state index contributed by atoms with van der Waals surface area (Å²) in [6.45, 7) is 3.15. The van der Waals surface area contributed by atoms with Crippen LogP contribution >= 0.6 is 0 Å². The van der Waals surface area contributed by atoms with Crippen LogP contribution in [0.5, 0.6) is 0 Å². The standard InChI is InChI=1S/C15H28N2O/c1-2-6-15-12(4-1)7-8-13(17-15)10-16-11-14-5-3-9-18-14/h12-17H,1-11H2. The summed E-state index contributed by atoms with van der Waals surface area (Å²) in [5.74, 6) is 0.980. The van der Waals surface area contributed by atoms with Gasteiger partial charge in [-0.25, -0.2) is 0 Å². The molecule has 0 aromatic rings. The van der Waals surface area contributed by atoms with E-state index in [0.717, 1.165) is 31.7 Å². The van der Waals surface area contributed by atoms with Crippen LogP contribution in [0.4, 0.5) is 0 Å². The molecule has 3 aliphatic rings. The van der Waals surface area contributed by atoms with Crippen LogP contribution in [0.3, 0.4) is 0 Å². The lowest BCUT2D eigenvalue weighted by molar-refractivity contribution is 0.107. The van der Waals surface area contributed by atoms with Crippen LogP contribution < -0.4 is 10.6 Å². The highest BCUT2D eigenvalue weighted by Gasteiger charge is 2.31. The van der Waals surface area contributed by atoms with Crippen molar-refractivity contribution in [2.45, 2.75) is 69.6 Å². The van der Waals surface area contributed by atoms with E-state index in [-0.39, 0.29) is 0 Å². The lowest BCUT2D eigenvalue weighted by Gasteiger charge is -2.40. The van der Waals surface area contributed by atoms with Gasteiger partial charge in [0.05, 0.1) is 6.10 Å². The van der Waals surface area contributed by atoms with Crippen LogP contribution in [-0.4, -0.2) is 37.9 Å². The Kier molecular flexibility index (Phi) is 4.55. The van der Waals surface area contributed by atoms with E-state index in [4.69, 9.17) is 4.74 Å². The number of rotatable bonds is 4. The molecule has 0 aromatic carbocycles. The summed E-state index contributed by atoms with van der Waals surface area (Å²) in [6.07, 6.45) is 11.6. The van der Waals surface area contributed by atoms with Gasteiger partial charge in [0.2, 0.25) is 0 Å². The number of piperidine rings is 1. The molecule has 1 saturated carbocycles. The average Bonchev–Trinajstić information content (AvgIpc) is 2.92. The molecule has 18 heavy (non-hydrogen) atoms. The second-order valence-corrected chi connectivity index (χ2v) is 6.39. The van der Waals surface area contributed by atoms with Gasteiger partial charge in [-0.05, 0) is 44.4 Å². The molecule has 0 spiro atoms. The van der Waals surface area contributed by atoms with Crippen LogP contribution in [0.15, 0.2) is 0 Å². The number of hydrogen-bond acceptors (Lipinski definition) is 3. The maximum Gasteiger partial charge on any atom is 0.0700 e. The van der Waals surface area contributed by atoms with Crippen molar-refractivity contribution in [1.82, 2.24) is 10.6 Å². The molecule has 3 nitrogen and oxygen atoms in total. The molecule has 4 unspecified atom stereocenters. The Morgan fingerprint density at radius 2 is 1.89 bits per heavy atom. The Labute approximate surface area is 111 Å². The molecule has 2 N–H and O–H groups in total. The summed E-state index contributed by atoms with van der Waals surface area (Å²) >= 11 is 0. The first-order valence-corrected chi connectivity index (χ1v) is 8.00. The van der Waals surface area contributed by atoms with E-state index in [0.29, 0.717) is 12.1 Å². The molecular weight excluding hydrogens is 224 g/mol. The third-order valence-electron chi connectivity index (χ3n) is 5.03. The SMILES string of the molecule is C1COC(CNCC2CCC3CCCCC3N2)C1. The molecule has 0 radical (unpaired) electrons. The monoisotopic (exact) mass is 252 g/mol. The van der Waals surface area contributed by atoms with Gasteiger partial charge in [0.25, 0.3) is 0 Å². The molecular formula is C15H28N2O. The molecule has 0 amide bonds. The Hall–Kier alpha value is -0.120. The molecule has 3 heteroatoms. The number of nitrogens with one attached hydrogen (secondary N) is 2. The molecule has 2 saturated heterocycles. The van der Waals surface area contributed by atoms with Crippen molar-refractivity contribution in [2.24, 2.45) is 5.92 Å². The lowest BCUT2D eigenvalue weighted by atomic mass is 9.78. The fraction of sp³-hybridized carbons (Fsp3) is 1.00. The molecule has 2 heterocycles. The minimum Gasteiger partial charge on any atom is -0.377 e. The topological polar surface area (TPSA) is 33.3 Å². The van der Waals surface area contributed by atoms with Gasteiger partial charge in [-0.1, -0.05) is 12.8 Å². The summed E-state index contributed by atoms with van der Waals surface area (Å²) in [6, 6.07) is 1.52. The fourth-order valence-electron chi connectivity index (χ4n) is 3.96. The van der Waals surface area contributed by atoms with Gasteiger partial charge in [-0.2, -0.15) is 0 Å². The minimum atomic E-state index is 0.482. The molecule has 0 aromatic heterocycles. The number of ether oxygens (including phenoxy) is 1. The van der Waals surface area contributed by atoms with E-state index in [1.54, 1.807) is 0 Å². The van der Waals surface area contributed by atoms with E-state index in [9.17, 15) is 0 Å². The lowest BCUT2D eigenvalue weighted by Crippen LogP contribution is -2.52. The van der Waals surface area contributed by atoms with Crippen molar-refractivity contribution in [3.63, 3.8) is 0 Å². The van der Waals surface area contributed by atoms with Gasteiger partial charge in [0, 0.05) is 31.8 Å². The molecule has 3 fully saturated rings. The predicted molar refractivity (Wildman–Crippen MR) is 73.7 cm³/mol. The van der Waals surface area contributed by atoms with Crippen LogP contribution in [-0.2, 0) is 4.74 Å². The Bertz CT molecular complexity index is 253. The summed E-state index contributed by atoms with van der Waals surface area (Å²) in [7, 11) is 0. The van der Waals surface area contributed by atoms with Crippen LogP contribution in [0.25, 0.3) is 0 Å². The second kappa shape index (κ2) is 6.36. The van der Waals surface area contributed by atoms with Gasteiger partial charge in [0.1, 0.15) is 0 Å². The number of hydrogen-bond donors (Lipinski definition) is 2. The van der Waals surface area contributed by atoms with Crippen molar-refractivity contribution in [1.29, 1.82) is 0 Å². The quantitative estimate of drug-likeness (QED) is 0.803. The predicted octanol–water partition coefficient (Wildman–Crippen LogP) is 2.07. The average molecular weight is 252 g/mol. The van der Waals surface area contributed by atoms with Crippen molar-refractivity contribution in [3.8, 4) is 0 Å². The molecule has 0 bridgehead atoms. The Morgan fingerprint density at radius 3 is 2.78 bits per heavy atom. The van der Waals surface area contributed by atoms with Gasteiger partial charge in [-0.15, -0.1) is 0 Å². The highest BCUT2D eigenvalue weighted by atomic mass is 16.5. The largest absolute Gasteiger partial charge is 0.377 e. The molecule has 3 rings (SSSR count). The van der Waals surface area contributed by atoms with Gasteiger partial charge in [0.15, 0.2) is 0 Å². The van der Waals surface area contributed by atoms with Crippen molar-refractivity contribution in [3.05, 3.63) is 0 Å². The maximum absolute atomic E-state index is 5.65. The zero-order chi connectivity index (χ0) is 12.2. The van der Waals surface area contributed by atoms with Crippen LogP contribution in [0.1, 0.15) is 51.4 Å². The van der Waals surface area contributed by atoms with E-state index in [1.165, 1.54) is 51.4 Å². The highest BCUT2D eigenvalue weighted by molar-refractivity contribution is 4.90. The van der Waals surface area contributed by atoms with E-state index in [1.807, 2.05) is 0 Å². The van der Waals surface area contributed by atoms with Crippen molar-refractivity contribution >= 4 is 0 Å². The first-order chi connectivity index (χ1) is 8.92. The van der Waals surface area contributed by atoms with Crippen LogP contribution in [0, 0.1) is 5.92 Å². The summed E-state index contributed by atoms with van der Waals surface area (Å²) in [5.41, 5.74) is 0. The van der Waals surface area contributed by atoms with Crippen LogP contribution in [0.2, 0.25) is 0 Å². The normalized spacial score (nSPS) is 40.7. The van der Waals surface area contributed by atoms with E-state index < -0.39 is 0 Å². The van der Waals surface area contributed by atoms with Gasteiger partial charge >= 0.3 is 0 Å². The summed E-state index contributed by atoms with van der Waals surface area (Å²) in [4.78, 5) is 0. The van der Waals surface area contributed by atoms with Gasteiger partial charge < -0.3 is 15.4 Å². The zero-order valence-electron chi connectivity index (χ0n) is 11.5. The Morgan fingerprint density at radius 1 is 0.944 bits per heavy atom. The summed E-state index contributed by atoms with van der Waals surface area (Å²) in [5, 5.41) is 7.48. The first-order valence-electron chi connectivity index (χ1n) is 8.00. The second-order valence-electron chi connectivity index (χ2n) is 6.39. The zero-order valence-corrected chi connectivity index (χ0v) is 11.5. The third-order valence-corrected chi connectivity index (χ3v) is 5.03. The third kappa shape index (κ3) is 3.25. The number of fused-ring (bicyclic) bond motifs is 1. The fourth-order valence-corrected chi connectivity index (χ4v) is 3.96. The minimum absolute atomic E-state index is 0.482. The molecule has 1 aliphatic carbocycles. The molecule has 4 atom stereocenters. The van der Waals surface area contributed by atoms with Crippen molar-refractivity contribution in [2.75, 3.05) is 19.7 Å². The highest BCUT2D eigenvalue weighted by Crippen LogP contribution is 2.31. The smallest absolute Gasteiger partial charge is 0.0700 e. The summed E-state index contributed by atoms with van der Waals surface area (Å²) < 4.78 is 5.65. The van der Waals surface area contributed by atoms with Gasteiger partial charge in [-0.3, -0.25) is 0 Å². The Balaban J connectivity index is 1.35. The first kappa shape index (κ1) is 12.9. The van der Waals surface area contributed by atoms with E-state index >= 15 is 0 Å². The maximum atomic E-state index is 5.65. The molecule has 104 valence electrons. The van der Waals surface area contributed by atoms with Crippen molar-refractivity contribution < 1.29 is 4.74 Å². The van der Waals surface area contributed by atoms with E-state index in [2.05, 4.69) is 10.6 Å². The molecule has 2 aliphatic heterocycles.